The first-order valence-corrected chi connectivity index (χ1v) is 11.1. The van der Waals surface area contributed by atoms with E-state index in [0.29, 0.717) is 46.9 Å². The molecule has 0 unspecified atom stereocenters. The molecule has 4 rings (SSSR count). The van der Waals surface area contributed by atoms with Crippen molar-refractivity contribution in [1.29, 1.82) is 0 Å². The van der Waals surface area contributed by atoms with E-state index in [-0.39, 0.29) is 23.8 Å². The van der Waals surface area contributed by atoms with Crippen LogP contribution in [0.3, 0.4) is 0 Å². The molecule has 0 spiro atoms. The Bertz CT molecular complexity index is 958. The number of piperidine rings is 2. The van der Waals surface area contributed by atoms with Gasteiger partial charge in [-0.3, -0.25) is 9.89 Å². The predicted octanol–water partition coefficient (Wildman–Crippen LogP) is 2.80. The zero-order valence-electron chi connectivity index (χ0n) is 19.4. The van der Waals surface area contributed by atoms with E-state index in [1.54, 1.807) is 14.2 Å². The summed E-state index contributed by atoms with van der Waals surface area (Å²) in [6.07, 6.45) is 3.60. The van der Waals surface area contributed by atoms with Crippen molar-refractivity contribution >= 4 is 17.4 Å². The number of nitrogens with zero attached hydrogens (tertiary/aromatic N) is 2. The fraction of sp³-hybridized carbons (Fsp3) is 0.583. The first-order chi connectivity index (χ1) is 15.4. The zero-order chi connectivity index (χ0) is 23.0. The van der Waals surface area contributed by atoms with Crippen LogP contribution in [0.15, 0.2) is 29.0 Å². The second-order valence-corrected chi connectivity index (χ2v) is 8.62. The molecular formula is C24H32N2O6. The molecule has 32 heavy (non-hydrogen) atoms. The van der Waals surface area contributed by atoms with Crippen molar-refractivity contribution < 1.29 is 28.8 Å². The molecule has 174 valence electrons. The second-order valence-electron chi connectivity index (χ2n) is 8.62. The van der Waals surface area contributed by atoms with Crippen LogP contribution >= 0.6 is 0 Å². The van der Waals surface area contributed by atoms with Crippen LogP contribution in [0, 0.1) is 11.8 Å². The third-order valence-electron chi connectivity index (χ3n) is 7.22. The molecule has 3 aliphatic heterocycles. The largest absolute Gasteiger partial charge is 0.504 e. The molecule has 8 nitrogen and oxygen atoms in total. The van der Waals surface area contributed by atoms with Crippen LogP contribution in [0.5, 0.6) is 11.5 Å². The number of aliphatic imine (C=N–C) groups is 1. The van der Waals surface area contributed by atoms with Crippen LogP contribution in [0.4, 0.5) is 5.69 Å². The molecule has 3 aliphatic rings. The summed E-state index contributed by atoms with van der Waals surface area (Å²) >= 11 is 0. The normalized spacial score (nSPS) is 29.4. The number of hydrogen-bond donors (Lipinski definition) is 1. The molecular weight excluding hydrogens is 412 g/mol. The van der Waals surface area contributed by atoms with Gasteiger partial charge in [0, 0.05) is 13.1 Å². The lowest BCUT2D eigenvalue weighted by Gasteiger charge is -2.50. The van der Waals surface area contributed by atoms with Gasteiger partial charge in [-0.1, -0.05) is 13.3 Å². The van der Waals surface area contributed by atoms with E-state index in [1.807, 2.05) is 12.1 Å². The number of carbonyl (C=O) groups excluding carboxylic acids is 1. The Kier molecular flexibility index (Phi) is 6.18. The quantitative estimate of drug-likeness (QED) is 0.410. The van der Waals surface area contributed by atoms with Gasteiger partial charge in [0.05, 0.1) is 63.3 Å². The molecule has 2 fully saturated rings. The number of benzene rings is 1. The minimum Gasteiger partial charge on any atom is -0.504 e. The highest BCUT2D eigenvalue weighted by atomic mass is 16.5. The molecule has 0 bridgehead atoms. The number of ether oxygens (including phenoxy) is 4. The number of esters is 1. The molecule has 0 aliphatic carbocycles. The molecule has 2 saturated heterocycles. The number of carbonyl (C=O) groups is 1. The Morgan fingerprint density at radius 3 is 2.69 bits per heavy atom. The molecule has 8 heteroatoms. The minimum absolute atomic E-state index is 0.0566. The van der Waals surface area contributed by atoms with Crippen LogP contribution in [0.1, 0.15) is 31.7 Å². The summed E-state index contributed by atoms with van der Waals surface area (Å²) in [6.45, 7) is 3.68. The Hall–Kier alpha value is -2.58. The Balaban J connectivity index is 1.74. The maximum atomic E-state index is 12.6. The highest BCUT2D eigenvalue weighted by Crippen LogP contribution is 2.53. The summed E-state index contributed by atoms with van der Waals surface area (Å²) in [6, 6.07) is 3.58. The van der Waals surface area contributed by atoms with Crippen molar-refractivity contribution in [2.45, 2.75) is 37.8 Å². The van der Waals surface area contributed by atoms with E-state index in [9.17, 15) is 9.90 Å². The number of hydrogen-bond acceptors (Lipinski definition) is 8. The molecule has 4 atom stereocenters. The number of aliphatic hydroxyl groups is 1. The standard InChI is InChI=1S/C24H32N2O6/c1-6-14-12-26-10-9-24(28)20-17(7-8-19(30-3)21(20)31-4)25-22(24)18(26)11-15(14)16(13-29-2)23(27)32-5/h7-8,13-15,18,28H,6,9-12H2,1-5H3/b16-13+/t14-,15+,18+,24+/m1/s1. The third kappa shape index (κ3) is 3.36. The number of rotatable bonds is 6. The van der Waals surface area contributed by atoms with Gasteiger partial charge in [0.2, 0.25) is 0 Å². The minimum atomic E-state index is -1.23. The van der Waals surface area contributed by atoms with E-state index in [0.717, 1.165) is 19.5 Å². The monoisotopic (exact) mass is 444 g/mol. The zero-order valence-corrected chi connectivity index (χ0v) is 19.4. The summed E-state index contributed by atoms with van der Waals surface area (Å²) in [4.78, 5) is 19.8. The van der Waals surface area contributed by atoms with Crippen molar-refractivity contribution in [3.8, 4) is 11.5 Å². The van der Waals surface area contributed by atoms with Gasteiger partial charge >= 0.3 is 5.97 Å². The van der Waals surface area contributed by atoms with Gasteiger partial charge in [0.15, 0.2) is 11.5 Å². The fourth-order valence-electron chi connectivity index (χ4n) is 5.66. The van der Waals surface area contributed by atoms with Gasteiger partial charge in [-0.05, 0) is 36.8 Å². The van der Waals surface area contributed by atoms with Crippen molar-refractivity contribution in [3.05, 3.63) is 29.5 Å². The van der Waals surface area contributed by atoms with Gasteiger partial charge in [0.1, 0.15) is 5.60 Å². The van der Waals surface area contributed by atoms with Crippen molar-refractivity contribution in [2.24, 2.45) is 16.8 Å². The van der Waals surface area contributed by atoms with Gasteiger partial charge in [0.25, 0.3) is 0 Å². The fourth-order valence-corrected chi connectivity index (χ4v) is 5.66. The molecule has 0 amide bonds. The van der Waals surface area contributed by atoms with Crippen molar-refractivity contribution in [3.63, 3.8) is 0 Å². The summed E-state index contributed by atoms with van der Waals surface area (Å²) in [7, 11) is 6.09. The van der Waals surface area contributed by atoms with Gasteiger partial charge in [-0.2, -0.15) is 0 Å². The van der Waals surface area contributed by atoms with E-state index >= 15 is 0 Å². The lowest BCUT2D eigenvalue weighted by Crippen LogP contribution is -2.60. The van der Waals surface area contributed by atoms with E-state index in [4.69, 9.17) is 23.9 Å². The SMILES string of the molecule is CC[C@@H]1CN2CC[C@@]3(O)C(=Nc4ccc(OC)c(OC)c43)[C@@H]2C[C@@H]1/C(=C\OC)C(=O)OC. The van der Waals surface area contributed by atoms with E-state index in [1.165, 1.54) is 20.5 Å². The van der Waals surface area contributed by atoms with Crippen LogP contribution in [-0.2, 0) is 19.9 Å². The molecule has 3 heterocycles. The molecule has 0 radical (unpaired) electrons. The van der Waals surface area contributed by atoms with Crippen LogP contribution in [0.2, 0.25) is 0 Å². The van der Waals surface area contributed by atoms with Gasteiger partial charge < -0.3 is 24.1 Å². The van der Waals surface area contributed by atoms with Gasteiger partial charge in [-0.15, -0.1) is 0 Å². The molecule has 0 saturated carbocycles. The predicted molar refractivity (Wildman–Crippen MR) is 120 cm³/mol. The highest BCUT2D eigenvalue weighted by Gasteiger charge is 2.54. The average Bonchev–Trinajstić information content (AvgIpc) is 3.13. The lowest BCUT2D eigenvalue weighted by atomic mass is 9.70. The van der Waals surface area contributed by atoms with Gasteiger partial charge in [-0.25, -0.2) is 4.79 Å². The van der Waals surface area contributed by atoms with Crippen molar-refractivity contribution in [1.82, 2.24) is 4.90 Å². The van der Waals surface area contributed by atoms with Crippen LogP contribution < -0.4 is 9.47 Å². The van der Waals surface area contributed by atoms with Crippen LogP contribution in [-0.4, -0.2) is 69.3 Å². The van der Waals surface area contributed by atoms with Crippen LogP contribution in [0.25, 0.3) is 0 Å². The molecule has 1 N–H and O–H groups in total. The summed E-state index contributed by atoms with van der Waals surface area (Å²) in [5.41, 5.74) is 1.40. The maximum Gasteiger partial charge on any atom is 0.337 e. The Labute approximate surface area is 188 Å². The number of methoxy groups -OCH3 is 4. The molecule has 0 aromatic heterocycles. The molecule has 1 aromatic carbocycles. The summed E-state index contributed by atoms with van der Waals surface area (Å²) in [5, 5.41) is 11.9. The second kappa shape index (κ2) is 8.75. The van der Waals surface area contributed by atoms with E-state index < -0.39 is 5.60 Å². The number of fused-ring (bicyclic) bond motifs is 5. The smallest absolute Gasteiger partial charge is 0.337 e. The maximum absolute atomic E-state index is 12.6. The first kappa shape index (κ1) is 22.6. The Morgan fingerprint density at radius 2 is 2.06 bits per heavy atom. The van der Waals surface area contributed by atoms with Crippen molar-refractivity contribution in [2.75, 3.05) is 41.5 Å². The highest BCUT2D eigenvalue weighted by molar-refractivity contribution is 6.05. The van der Waals surface area contributed by atoms with E-state index in [2.05, 4.69) is 11.8 Å². The molecule has 1 aromatic rings. The topological polar surface area (TPSA) is 89.8 Å². The average molecular weight is 445 g/mol. The Morgan fingerprint density at radius 1 is 1.28 bits per heavy atom. The first-order valence-electron chi connectivity index (χ1n) is 11.1. The third-order valence-corrected chi connectivity index (χ3v) is 7.22. The summed E-state index contributed by atoms with van der Waals surface area (Å²) in [5.74, 6) is 0.934. The summed E-state index contributed by atoms with van der Waals surface area (Å²) < 4.78 is 21.4. The lowest BCUT2D eigenvalue weighted by molar-refractivity contribution is -0.137.